The summed E-state index contributed by atoms with van der Waals surface area (Å²) in [5.74, 6) is 1.44. The number of hydrogen-bond donors (Lipinski definition) is 0. The molecule has 19 heavy (non-hydrogen) atoms. The Morgan fingerprint density at radius 3 is 1.74 bits per heavy atom. The molecule has 5 heteroatoms. The van der Waals surface area contributed by atoms with Gasteiger partial charge in [-0.25, -0.2) is 0 Å². The summed E-state index contributed by atoms with van der Waals surface area (Å²) in [6.07, 6.45) is 8.91. The molecule has 0 aliphatic rings. The van der Waals surface area contributed by atoms with E-state index in [0.29, 0.717) is 0 Å². The summed E-state index contributed by atoms with van der Waals surface area (Å²) < 4.78 is 11.0. The average Bonchev–Trinajstić information content (AvgIpc) is 2.48. The molecule has 0 saturated carbocycles. The third-order valence-corrected chi connectivity index (χ3v) is 2.81. The summed E-state index contributed by atoms with van der Waals surface area (Å²) in [5, 5.41) is 0. The predicted octanol–water partition coefficient (Wildman–Crippen LogP) is 2.33. The molecule has 2 heterocycles. The van der Waals surface area contributed by atoms with E-state index in [4.69, 9.17) is 9.31 Å². The Morgan fingerprint density at radius 2 is 1.32 bits per heavy atom. The molecule has 0 radical (unpaired) electrons. The Morgan fingerprint density at radius 1 is 0.842 bits per heavy atom. The third-order valence-electron chi connectivity index (χ3n) is 2.81. The van der Waals surface area contributed by atoms with Crippen LogP contribution in [0.5, 0.6) is 11.5 Å². The van der Waals surface area contributed by atoms with Crippen molar-refractivity contribution in [2.75, 3.05) is 0 Å². The molecule has 4 nitrogen and oxygen atoms in total. The van der Waals surface area contributed by atoms with Crippen molar-refractivity contribution in [2.24, 2.45) is 0 Å². The Kier molecular flexibility index (Phi) is 4.78. The summed E-state index contributed by atoms with van der Waals surface area (Å²) in [6.45, 7) is 4.17. The lowest BCUT2D eigenvalue weighted by Crippen LogP contribution is -2.11. The van der Waals surface area contributed by atoms with E-state index in [1.54, 1.807) is 12.4 Å². The van der Waals surface area contributed by atoms with E-state index < -0.39 is 0 Å². The number of pyridine rings is 2. The average molecular weight is 256 g/mol. The minimum atomic E-state index is 0.156. The van der Waals surface area contributed by atoms with Crippen LogP contribution in [0, 0.1) is 0 Å². The first-order valence-corrected chi connectivity index (χ1v) is 6.45. The second kappa shape index (κ2) is 6.78. The molecular weight excluding hydrogens is 239 g/mol. The predicted molar refractivity (Wildman–Crippen MR) is 75.6 cm³/mol. The van der Waals surface area contributed by atoms with Gasteiger partial charge >= 0.3 is 7.69 Å². The van der Waals surface area contributed by atoms with Gasteiger partial charge in [0.15, 0.2) is 0 Å². The zero-order valence-electron chi connectivity index (χ0n) is 11.3. The molecule has 2 aromatic rings. The summed E-state index contributed by atoms with van der Waals surface area (Å²) in [4.78, 5) is 8.23. The first kappa shape index (κ1) is 13.4. The number of rotatable bonds is 6. The third kappa shape index (κ3) is 3.98. The molecule has 0 aliphatic carbocycles. The number of aromatic nitrogens is 2. The van der Waals surface area contributed by atoms with Crippen LogP contribution in [0.15, 0.2) is 36.9 Å². The van der Waals surface area contributed by atoms with Crippen LogP contribution in [-0.4, -0.2) is 17.7 Å². The van der Waals surface area contributed by atoms with Crippen LogP contribution in [-0.2, 0) is 12.8 Å². The molecule has 0 spiro atoms. The lowest BCUT2D eigenvalue weighted by Gasteiger charge is -2.08. The van der Waals surface area contributed by atoms with Crippen molar-refractivity contribution in [3.63, 3.8) is 0 Å². The van der Waals surface area contributed by atoms with E-state index in [-0.39, 0.29) is 7.69 Å². The van der Waals surface area contributed by atoms with Gasteiger partial charge in [-0.05, 0) is 36.1 Å². The smallest absolute Gasteiger partial charge is 0.527 e. The van der Waals surface area contributed by atoms with Crippen LogP contribution in [0.2, 0.25) is 0 Å². The summed E-state index contributed by atoms with van der Waals surface area (Å²) in [6, 6.07) is 3.94. The maximum absolute atomic E-state index is 5.51. The lowest BCUT2D eigenvalue weighted by molar-refractivity contribution is 0.456. The zero-order valence-corrected chi connectivity index (χ0v) is 11.3. The van der Waals surface area contributed by atoms with Crippen LogP contribution < -0.4 is 9.31 Å². The van der Waals surface area contributed by atoms with Gasteiger partial charge in [0.05, 0.1) is 12.4 Å². The molecule has 98 valence electrons. The van der Waals surface area contributed by atoms with Gasteiger partial charge in [0.2, 0.25) is 0 Å². The topological polar surface area (TPSA) is 44.2 Å². The van der Waals surface area contributed by atoms with Crippen molar-refractivity contribution >= 4 is 7.69 Å². The molecular formula is C14H17BN2O2. The van der Waals surface area contributed by atoms with Crippen LogP contribution in [0.3, 0.4) is 0 Å². The van der Waals surface area contributed by atoms with Gasteiger partial charge < -0.3 is 9.31 Å². The summed E-state index contributed by atoms with van der Waals surface area (Å²) in [5.41, 5.74) is 2.29. The molecule has 0 aromatic carbocycles. The SMILES string of the molecule is CCc1cncc(OBOc2cncc(CC)c2)c1. The van der Waals surface area contributed by atoms with Gasteiger partial charge in [-0.3, -0.25) is 9.97 Å². The van der Waals surface area contributed by atoms with Crippen LogP contribution >= 0.6 is 0 Å². The van der Waals surface area contributed by atoms with Crippen LogP contribution in [0.4, 0.5) is 0 Å². The molecule has 0 fully saturated rings. The van der Waals surface area contributed by atoms with Gasteiger partial charge in [-0.1, -0.05) is 13.8 Å². The van der Waals surface area contributed by atoms with E-state index in [0.717, 1.165) is 35.5 Å². The largest absolute Gasteiger partial charge is 0.576 e. The highest BCUT2D eigenvalue weighted by Crippen LogP contribution is 2.13. The molecule has 2 aromatic heterocycles. The Hall–Kier alpha value is -2.04. The van der Waals surface area contributed by atoms with E-state index in [1.807, 2.05) is 24.5 Å². The van der Waals surface area contributed by atoms with Gasteiger partial charge in [-0.2, -0.15) is 0 Å². The van der Waals surface area contributed by atoms with Crippen LogP contribution in [0.1, 0.15) is 25.0 Å². The Balaban J connectivity index is 1.88. The first-order chi connectivity index (χ1) is 9.31. The molecule has 0 aliphatic heterocycles. The number of aryl methyl sites for hydroxylation is 2. The van der Waals surface area contributed by atoms with Gasteiger partial charge in [0.25, 0.3) is 0 Å². The molecule has 0 saturated heterocycles. The lowest BCUT2D eigenvalue weighted by atomic mass is 10.2. The van der Waals surface area contributed by atoms with Gasteiger partial charge in [0, 0.05) is 12.4 Å². The van der Waals surface area contributed by atoms with Crippen molar-refractivity contribution in [3.05, 3.63) is 48.0 Å². The minimum absolute atomic E-state index is 0.156. The van der Waals surface area contributed by atoms with Crippen molar-refractivity contribution in [3.8, 4) is 11.5 Å². The highest BCUT2D eigenvalue weighted by atomic mass is 16.6. The van der Waals surface area contributed by atoms with Gasteiger partial charge in [0.1, 0.15) is 11.5 Å². The number of hydrogen-bond acceptors (Lipinski definition) is 4. The second-order valence-corrected chi connectivity index (χ2v) is 4.17. The monoisotopic (exact) mass is 256 g/mol. The summed E-state index contributed by atoms with van der Waals surface area (Å²) in [7, 11) is 0.156. The van der Waals surface area contributed by atoms with Gasteiger partial charge in [-0.15, -0.1) is 0 Å². The highest BCUT2D eigenvalue weighted by Gasteiger charge is 2.02. The normalized spacial score (nSPS) is 10.0. The molecule has 0 amide bonds. The van der Waals surface area contributed by atoms with E-state index in [1.165, 1.54) is 0 Å². The fourth-order valence-corrected chi connectivity index (χ4v) is 1.64. The first-order valence-electron chi connectivity index (χ1n) is 6.45. The van der Waals surface area contributed by atoms with Crippen molar-refractivity contribution in [1.29, 1.82) is 0 Å². The molecule has 0 bridgehead atoms. The quantitative estimate of drug-likeness (QED) is 0.744. The fourth-order valence-electron chi connectivity index (χ4n) is 1.64. The minimum Gasteiger partial charge on any atom is -0.527 e. The van der Waals surface area contributed by atoms with Crippen LogP contribution in [0.25, 0.3) is 0 Å². The van der Waals surface area contributed by atoms with E-state index in [9.17, 15) is 0 Å². The zero-order chi connectivity index (χ0) is 13.5. The second-order valence-electron chi connectivity index (χ2n) is 4.17. The Bertz CT molecular complexity index is 487. The highest BCUT2D eigenvalue weighted by molar-refractivity contribution is 6.20. The molecule has 0 N–H and O–H groups in total. The Labute approximate surface area is 114 Å². The van der Waals surface area contributed by atoms with E-state index >= 15 is 0 Å². The maximum Gasteiger partial charge on any atom is 0.576 e. The standard InChI is InChI=1S/C14H17BN2O2/c1-3-11-5-13(9-16-7-11)18-15-19-14-6-12(4-2)8-17-10-14/h5-10,15H,3-4H2,1-2H3. The maximum atomic E-state index is 5.51. The fraction of sp³-hybridized carbons (Fsp3) is 0.286. The van der Waals surface area contributed by atoms with Crippen molar-refractivity contribution in [2.45, 2.75) is 26.7 Å². The molecule has 2 rings (SSSR count). The van der Waals surface area contributed by atoms with E-state index in [2.05, 4.69) is 23.8 Å². The molecule has 0 unspecified atom stereocenters. The molecule has 0 atom stereocenters. The summed E-state index contributed by atoms with van der Waals surface area (Å²) >= 11 is 0. The van der Waals surface area contributed by atoms with Crippen molar-refractivity contribution in [1.82, 2.24) is 9.97 Å². The number of nitrogens with zero attached hydrogens (tertiary/aromatic N) is 2. The van der Waals surface area contributed by atoms with Crippen molar-refractivity contribution < 1.29 is 9.31 Å².